The molecular formula is C13H19FN2O. The molecule has 4 heteroatoms. The maximum absolute atomic E-state index is 13.8. The molecule has 0 amide bonds. The van der Waals surface area contributed by atoms with Gasteiger partial charge in [0.25, 0.3) is 0 Å². The van der Waals surface area contributed by atoms with Crippen LogP contribution >= 0.6 is 0 Å². The second-order valence-electron chi connectivity index (χ2n) is 5.18. The molecule has 0 saturated carbocycles. The van der Waals surface area contributed by atoms with E-state index in [1.165, 1.54) is 6.07 Å². The maximum Gasteiger partial charge on any atom is 0.146 e. The average molecular weight is 238 g/mol. The van der Waals surface area contributed by atoms with Gasteiger partial charge in [-0.15, -0.1) is 0 Å². The Kier molecular flexibility index (Phi) is 3.35. The summed E-state index contributed by atoms with van der Waals surface area (Å²) < 4.78 is 13.8. The molecule has 94 valence electrons. The summed E-state index contributed by atoms with van der Waals surface area (Å²) in [7, 11) is 0. The van der Waals surface area contributed by atoms with Crippen molar-refractivity contribution in [1.29, 1.82) is 0 Å². The van der Waals surface area contributed by atoms with Crippen LogP contribution in [0.25, 0.3) is 0 Å². The van der Waals surface area contributed by atoms with Crippen molar-refractivity contribution in [2.24, 2.45) is 0 Å². The van der Waals surface area contributed by atoms with Crippen molar-refractivity contribution >= 4 is 5.69 Å². The molecule has 0 bridgehead atoms. The van der Waals surface area contributed by atoms with Crippen LogP contribution in [0, 0.1) is 5.82 Å². The van der Waals surface area contributed by atoms with Gasteiger partial charge in [-0.05, 0) is 26.0 Å². The zero-order valence-electron chi connectivity index (χ0n) is 10.3. The number of hydrogen-bond donors (Lipinski definition) is 2. The van der Waals surface area contributed by atoms with Crippen molar-refractivity contribution in [3.8, 4) is 0 Å². The van der Waals surface area contributed by atoms with E-state index in [-0.39, 0.29) is 24.0 Å². The fourth-order valence-electron chi connectivity index (χ4n) is 2.24. The highest BCUT2D eigenvalue weighted by Gasteiger charge is 2.33. The Bertz CT molecular complexity index is 395. The lowest BCUT2D eigenvalue weighted by molar-refractivity contribution is 0.214. The molecule has 0 spiro atoms. The van der Waals surface area contributed by atoms with Crippen molar-refractivity contribution in [1.82, 2.24) is 5.32 Å². The third kappa shape index (κ3) is 2.58. The van der Waals surface area contributed by atoms with Gasteiger partial charge in [0.2, 0.25) is 0 Å². The van der Waals surface area contributed by atoms with Crippen LogP contribution in [0.3, 0.4) is 0 Å². The van der Waals surface area contributed by atoms with Gasteiger partial charge in [-0.1, -0.05) is 12.1 Å². The molecule has 1 saturated heterocycles. The summed E-state index contributed by atoms with van der Waals surface area (Å²) in [5.41, 5.74) is 0.495. The van der Waals surface area contributed by atoms with Crippen LogP contribution in [0.15, 0.2) is 24.3 Å². The van der Waals surface area contributed by atoms with Gasteiger partial charge >= 0.3 is 0 Å². The Morgan fingerprint density at radius 2 is 2.18 bits per heavy atom. The monoisotopic (exact) mass is 238 g/mol. The second-order valence-corrected chi connectivity index (χ2v) is 5.18. The van der Waals surface area contributed by atoms with Crippen LogP contribution in [-0.2, 0) is 0 Å². The van der Waals surface area contributed by atoms with Crippen molar-refractivity contribution < 1.29 is 9.50 Å². The standard InChI is InChI=1S/C13H19FN2O/c1-13(2)9-16(10(8-17)7-15-13)12-6-4-3-5-11(12)14/h3-6,10,15,17H,7-9H2,1-2H3. The number of aliphatic hydroxyl groups excluding tert-OH is 1. The maximum atomic E-state index is 13.8. The van der Waals surface area contributed by atoms with Crippen LogP contribution in [0.2, 0.25) is 0 Å². The smallest absolute Gasteiger partial charge is 0.146 e. The van der Waals surface area contributed by atoms with E-state index >= 15 is 0 Å². The van der Waals surface area contributed by atoms with Gasteiger partial charge in [0.1, 0.15) is 5.82 Å². The van der Waals surface area contributed by atoms with Gasteiger partial charge in [-0.2, -0.15) is 0 Å². The molecule has 3 nitrogen and oxygen atoms in total. The third-order valence-electron chi connectivity index (χ3n) is 3.20. The van der Waals surface area contributed by atoms with E-state index in [1.807, 2.05) is 11.0 Å². The number of halogens is 1. The molecule has 17 heavy (non-hydrogen) atoms. The molecule has 0 aromatic heterocycles. The Hall–Kier alpha value is -1.13. The normalized spacial score (nSPS) is 23.8. The lowest BCUT2D eigenvalue weighted by Crippen LogP contribution is -2.63. The molecule has 1 aliphatic rings. The van der Waals surface area contributed by atoms with Gasteiger partial charge in [0, 0.05) is 18.6 Å². The molecule has 0 aliphatic carbocycles. The lowest BCUT2D eigenvalue weighted by atomic mass is 9.98. The quantitative estimate of drug-likeness (QED) is 0.817. The predicted molar refractivity (Wildman–Crippen MR) is 66.7 cm³/mol. The number of para-hydroxylation sites is 1. The highest BCUT2D eigenvalue weighted by atomic mass is 19.1. The Morgan fingerprint density at radius 1 is 1.47 bits per heavy atom. The van der Waals surface area contributed by atoms with E-state index in [2.05, 4.69) is 19.2 Å². The fraction of sp³-hybridized carbons (Fsp3) is 0.538. The van der Waals surface area contributed by atoms with Crippen molar-refractivity contribution in [2.45, 2.75) is 25.4 Å². The van der Waals surface area contributed by atoms with Crippen LogP contribution in [0.5, 0.6) is 0 Å². The van der Waals surface area contributed by atoms with Crippen LogP contribution in [0.4, 0.5) is 10.1 Å². The number of aliphatic hydroxyl groups is 1. The number of rotatable bonds is 2. The lowest BCUT2D eigenvalue weighted by Gasteiger charge is -2.45. The zero-order valence-corrected chi connectivity index (χ0v) is 10.3. The summed E-state index contributed by atoms with van der Waals surface area (Å²) in [5, 5.41) is 12.7. The summed E-state index contributed by atoms with van der Waals surface area (Å²) >= 11 is 0. The first-order chi connectivity index (χ1) is 8.03. The highest BCUT2D eigenvalue weighted by molar-refractivity contribution is 5.50. The fourth-order valence-corrected chi connectivity index (χ4v) is 2.24. The Morgan fingerprint density at radius 3 is 2.82 bits per heavy atom. The highest BCUT2D eigenvalue weighted by Crippen LogP contribution is 2.25. The molecule has 1 aromatic rings. The van der Waals surface area contributed by atoms with E-state index in [0.717, 1.165) is 0 Å². The summed E-state index contributed by atoms with van der Waals surface area (Å²) in [5.74, 6) is -0.233. The first-order valence-electron chi connectivity index (χ1n) is 5.90. The predicted octanol–water partition coefficient (Wildman–Crippen LogP) is 1.37. The van der Waals surface area contributed by atoms with E-state index in [9.17, 15) is 9.50 Å². The molecular weight excluding hydrogens is 219 g/mol. The minimum atomic E-state index is -0.233. The van der Waals surface area contributed by atoms with Gasteiger partial charge in [-0.25, -0.2) is 4.39 Å². The molecule has 1 unspecified atom stereocenters. The zero-order chi connectivity index (χ0) is 12.5. The number of piperazine rings is 1. The topological polar surface area (TPSA) is 35.5 Å². The molecule has 1 atom stereocenters. The van der Waals surface area contributed by atoms with Gasteiger partial charge in [-0.3, -0.25) is 0 Å². The minimum absolute atomic E-state index is 0.0252. The SMILES string of the molecule is CC1(C)CN(c2ccccc2F)C(CO)CN1. The average Bonchev–Trinajstić information content (AvgIpc) is 2.28. The number of hydrogen-bond acceptors (Lipinski definition) is 3. The first-order valence-corrected chi connectivity index (χ1v) is 5.90. The molecule has 1 aromatic carbocycles. The summed E-state index contributed by atoms with van der Waals surface area (Å²) in [6.07, 6.45) is 0. The summed E-state index contributed by atoms with van der Waals surface area (Å²) in [6.45, 7) is 5.53. The molecule has 2 N–H and O–H groups in total. The largest absolute Gasteiger partial charge is 0.394 e. The van der Waals surface area contributed by atoms with E-state index in [4.69, 9.17) is 0 Å². The van der Waals surface area contributed by atoms with Crippen LogP contribution in [-0.4, -0.2) is 36.4 Å². The second kappa shape index (κ2) is 4.63. The van der Waals surface area contributed by atoms with Gasteiger partial charge < -0.3 is 15.3 Å². The van der Waals surface area contributed by atoms with E-state index in [0.29, 0.717) is 18.8 Å². The number of anilines is 1. The van der Waals surface area contributed by atoms with Crippen molar-refractivity contribution in [3.63, 3.8) is 0 Å². The van der Waals surface area contributed by atoms with Crippen LogP contribution in [0.1, 0.15) is 13.8 Å². The summed E-state index contributed by atoms with van der Waals surface area (Å²) in [4.78, 5) is 1.95. The van der Waals surface area contributed by atoms with Crippen molar-refractivity contribution in [2.75, 3.05) is 24.6 Å². The molecule has 1 fully saturated rings. The molecule has 1 aliphatic heterocycles. The molecule has 2 rings (SSSR count). The Labute approximate surface area is 101 Å². The van der Waals surface area contributed by atoms with E-state index < -0.39 is 0 Å². The van der Waals surface area contributed by atoms with E-state index in [1.54, 1.807) is 12.1 Å². The first kappa shape index (κ1) is 12.3. The number of benzene rings is 1. The molecule has 1 heterocycles. The Balaban J connectivity index is 2.30. The van der Waals surface area contributed by atoms with Crippen molar-refractivity contribution in [3.05, 3.63) is 30.1 Å². The van der Waals surface area contributed by atoms with Crippen LogP contribution < -0.4 is 10.2 Å². The van der Waals surface area contributed by atoms with Gasteiger partial charge in [0.15, 0.2) is 0 Å². The summed E-state index contributed by atoms with van der Waals surface area (Å²) in [6, 6.07) is 6.65. The third-order valence-corrected chi connectivity index (χ3v) is 3.20. The number of nitrogens with zero attached hydrogens (tertiary/aromatic N) is 1. The minimum Gasteiger partial charge on any atom is -0.394 e. The van der Waals surface area contributed by atoms with Gasteiger partial charge in [0.05, 0.1) is 18.3 Å². The number of nitrogens with one attached hydrogen (secondary N) is 1. The molecule has 0 radical (unpaired) electrons.